The van der Waals surface area contributed by atoms with Gasteiger partial charge in [-0.05, 0) is 49.6 Å². The lowest BCUT2D eigenvalue weighted by Crippen LogP contribution is -2.36. The summed E-state index contributed by atoms with van der Waals surface area (Å²) in [6.07, 6.45) is 4.32. The summed E-state index contributed by atoms with van der Waals surface area (Å²) in [5.41, 5.74) is 2.43. The summed E-state index contributed by atoms with van der Waals surface area (Å²) >= 11 is 0. The number of carbonyl (C=O) groups excluding carboxylic acids is 1. The van der Waals surface area contributed by atoms with Gasteiger partial charge < -0.3 is 10.1 Å². The summed E-state index contributed by atoms with van der Waals surface area (Å²) in [4.78, 5) is 25.5. The van der Waals surface area contributed by atoms with Crippen LogP contribution in [0, 0.1) is 17.0 Å². The number of nitro benzene ring substituents is 1. The molecular weight excluding hydrogens is 370 g/mol. The molecule has 1 aliphatic heterocycles. The molecule has 0 spiro atoms. The maximum absolute atomic E-state index is 12.8. The zero-order chi connectivity index (χ0) is 20.8. The first-order valence-corrected chi connectivity index (χ1v) is 9.91. The van der Waals surface area contributed by atoms with Gasteiger partial charge in [0.2, 0.25) is 5.91 Å². The number of methoxy groups -OCH3 is 1. The third-order valence-electron chi connectivity index (χ3n) is 5.42. The molecule has 0 radical (unpaired) electrons. The van der Waals surface area contributed by atoms with Crippen LogP contribution in [0.2, 0.25) is 0 Å². The lowest BCUT2D eigenvalue weighted by molar-refractivity contribution is -0.384. The first-order valence-electron chi connectivity index (χ1n) is 9.91. The summed E-state index contributed by atoms with van der Waals surface area (Å²) in [6, 6.07) is 12.7. The van der Waals surface area contributed by atoms with Crippen molar-refractivity contribution >= 4 is 17.3 Å². The SMILES string of the molecule is COc1ccc([C@@H]2CCCCCN2CC(=O)Nc2cc([N+](=O)[O-])ccc2C)cc1. The Bertz CT molecular complexity index is 867. The number of aryl methyl sites for hydroxylation is 1. The molecule has 1 saturated heterocycles. The number of nitro groups is 1. The Labute approximate surface area is 170 Å². The number of rotatable bonds is 6. The van der Waals surface area contributed by atoms with Crippen LogP contribution in [0.5, 0.6) is 5.75 Å². The fraction of sp³-hybridized carbons (Fsp3) is 0.409. The van der Waals surface area contributed by atoms with Crippen molar-refractivity contribution in [1.29, 1.82) is 0 Å². The number of likely N-dealkylation sites (tertiary alicyclic amines) is 1. The second-order valence-corrected chi connectivity index (χ2v) is 7.41. The van der Waals surface area contributed by atoms with E-state index in [1.165, 1.54) is 17.7 Å². The van der Waals surface area contributed by atoms with E-state index >= 15 is 0 Å². The van der Waals surface area contributed by atoms with E-state index in [1.807, 2.05) is 19.1 Å². The summed E-state index contributed by atoms with van der Waals surface area (Å²) in [6.45, 7) is 2.92. The van der Waals surface area contributed by atoms with Crippen molar-refractivity contribution in [2.75, 3.05) is 25.5 Å². The molecular formula is C22H27N3O4. The molecule has 1 N–H and O–H groups in total. The van der Waals surface area contributed by atoms with Crippen LogP contribution in [-0.4, -0.2) is 35.9 Å². The van der Waals surface area contributed by atoms with Crippen molar-refractivity contribution in [3.63, 3.8) is 0 Å². The molecule has 3 rings (SSSR count). The normalized spacial score (nSPS) is 17.4. The molecule has 29 heavy (non-hydrogen) atoms. The Morgan fingerprint density at radius 2 is 1.97 bits per heavy atom. The first kappa shape index (κ1) is 20.8. The highest BCUT2D eigenvalue weighted by Crippen LogP contribution is 2.31. The zero-order valence-electron chi connectivity index (χ0n) is 16.9. The molecule has 1 heterocycles. The Balaban J connectivity index is 1.74. The van der Waals surface area contributed by atoms with Crippen LogP contribution in [0.4, 0.5) is 11.4 Å². The lowest BCUT2D eigenvalue weighted by Gasteiger charge is -2.30. The van der Waals surface area contributed by atoms with E-state index in [1.54, 1.807) is 13.2 Å². The molecule has 154 valence electrons. The number of benzene rings is 2. The van der Waals surface area contributed by atoms with Gasteiger partial charge >= 0.3 is 0 Å². The molecule has 0 bridgehead atoms. The highest BCUT2D eigenvalue weighted by atomic mass is 16.6. The van der Waals surface area contributed by atoms with E-state index in [2.05, 4.69) is 22.3 Å². The summed E-state index contributed by atoms with van der Waals surface area (Å²) in [5, 5.41) is 13.9. The van der Waals surface area contributed by atoms with Gasteiger partial charge in [0, 0.05) is 18.2 Å². The minimum absolute atomic E-state index is 0.0308. The Hall–Kier alpha value is -2.93. The second-order valence-electron chi connectivity index (χ2n) is 7.41. The van der Waals surface area contributed by atoms with E-state index in [9.17, 15) is 14.9 Å². The number of carbonyl (C=O) groups is 1. The monoisotopic (exact) mass is 397 g/mol. The Morgan fingerprint density at radius 3 is 2.66 bits per heavy atom. The van der Waals surface area contributed by atoms with Crippen LogP contribution in [0.15, 0.2) is 42.5 Å². The van der Waals surface area contributed by atoms with E-state index in [-0.39, 0.29) is 24.2 Å². The standard InChI is InChI=1S/C22H27N3O4/c1-16-7-10-18(25(27)28)14-20(16)23-22(26)15-24-13-5-3-4-6-21(24)17-8-11-19(29-2)12-9-17/h7-12,14,21H,3-6,13,15H2,1-2H3,(H,23,26)/t21-/m0/s1. The van der Waals surface area contributed by atoms with Gasteiger partial charge in [-0.2, -0.15) is 0 Å². The third-order valence-corrected chi connectivity index (χ3v) is 5.42. The maximum atomic E-state index is 12.8. The van der Waals surface area contributed by atoms with Crippen molar-refractivity contribution < 1.29 is 14.5 Å². The minimum Gasteiger partial charge on any atom is -0.497 e. The van der Waals surface area contributed by atoms with Gasteiger partial charge in [0.15, 0.2) is 0 Å². The molecule has 0 aliphatic carbocycles. The molecule has 0 aromatic heterocycles. The number of non-ortho nitro benzene ring substituents is 1. The van der Waals surface area contributed by atoms with Crippen LogP contribution in [0.25, 0.3) is 0 Å². The van der Waals surface area contributed by atoms with Crippen molar-refractivity contribution in [2.24, 2.45) is 0 Å². The average molecular weight is 397 g/mol. The van der Waals surface area contributed by atoms with Crippen LogP contribution in [0.3, 0.4) is 0 Å². The molecule has 2 aromatic carbocycles. The lowest BCUT2D eigenvalue weighted by atomic mass is 10.0. The Morgan fingerprint density at radius 1 is 1.21 bits per heavy atom. The molecule has 2 aromatic rings. The zero-order valence-corrected chi connectivity index (χ0v) is 16.9. The maximum Gasteiger partial charge on any atom is 0.271 e. The molecule has 1 atom stereocenters. The fourth-order valence-corrected chi connectivity index (χ4v) is 3.79. The van der Waals surface area contributed by atoms with Gasteiger partial charge in [-0.3, -0.25) is 19.8 Å². The van der Waals surface area contributed by atoms with Gasteiger partial charge in [0.05, 0.1) is 24.3 Å². The predicted octanol–water partition coefficient (Wildman–Crippen LogP) is 4.47. The second kappa shape index (κ2) is 9.52. The van der Waals surface area contributed by atoms with Gasteiger partial charge in [-0.1, -0.05) is 31.0 Å². The van der Waals surface area contributed by atoms with Gasteiger partial charge in [0.25, 0.3) is 5.69 Å². The van der Waals surface area contributed by atoms with Crippen molar-refractivity contribution in [3.05, 3.63) is 63.7 Å². The van der Waals surface area contributed by atoms with Crippen molar-refractivity contribution in [1.82, 2.24) is 4.90 Å². The van der Waals surface area contributed by atoms with Gasteiger partial charge in [0.1, 0.15) is 5.75 Å². The molecule has 0 saturated carbocycles. The first-order chi connectivity index (χ1) is 14.0. The summed E-state index contributed by atoms with van der Waals surface area (Å²) in [7, 11) is 1.65. The van der Waals surface area contributed by atoms with E-state index in [0.29, 0.717) is 5.69 Å². The smallest absolute Gasteiger partial charge is 0.271 e. The van der Waals surface area contributed by atoms with Gasteiger partial charge in [-0.15, -0.1) is 0 Å². The molecule has 1 fully saturated rings. The highest BCUT2D eigenvalue weighted by molar-refractivity contribution is 5.93. The predicted molar refractivity (Wildman–Crippen MR) is 112 cm³/mol. The number of hydrogen-bond donors (Lipinski definition) is 1. The number of anilines is 1. The minimum atomic E-state index is -0.455. The number of hydrogen-bond acceptors (Lipinski definition) is 5. The average Bonchev–Trinajstić information content (AvgIpc) is 2.95. The number of nitrogens with zero attached hydrogens (tertiary/aromatic N) is 2. The van der Waals surface area contributed by atoms with Crippen molar-refractivity contribution in [3.8, 4) is 5.75 Å². The van der Waals surface area contributed by atoms with Crippen LogP contribution < -0.4 is 10.1 Å². The largest absolute Gasteiger partial charge is 0.497 e. The number of nitrogens with one attached hydrogen (secondary N) is 1. The molecule has 1 amide bonds. The van der Waals surface area contributed by atoms with E-state index < -0.39 is 4.92 Å². The molecule has 1 aliphatic rings. The molecule has 7 heteroatoms. The van der Waals surface area contributed by atoms with E-state index in [4.69, 9.17) is 4.74 Å². The van der Waals surface area contributed by atoms with Crippen LogP contribution in [-0.2, 0) is 4.79 Å². The quantitative estimate of drug-likeness (QED) is 0.574. The number of ether oxygens (including phenoxy) is 1. The topological polar surface area (TPSA) is 84.7 Å². The van der Waals surface area contributed by atoms with Crippen LogP contribution >= 0.6 is 0 Å². The highest BCUT2D eigenvalue weighted by Gasteiger charge is 2.25. The van der Waals surface area contributed by atoms with Crippen molar-refractivity contribution in [2.45, 2.75) is 38.6 Å². The van der Waals surface area contributed by atoms with Crippen LogP contribution in [0.1, 0.15) is 42.9 Å². The number of amides is 1. The van der Waals surface area contributed by atoms with Gasteiger partial charge in [-0.25, -0.2) is 0 Å². The summed E-state index contributed by atoms with van der Waals surface area (Å²) < 4.78 is 5.25. The third kappa shape index (κ3) is 5.32. The molecule has 0 unspecified atom stereocenters. The summed E-state index contributed by atoms with van der Waals surface area (Å²) in [5.74, 6) is 0.654. The fourth-order valence-electron chi connectivity index (χ4n) is 3.79. The van der Waals surface area contributed by atoms with E-state index in [0.717, 1.165) is 43.5 Å². The Kier molecular flexibility index (Phi) is 6.82. The molecule has 7 nitrogen and oxygen atoms in total.